The molecular formula is C18H25NO5. The second-order valence-corrected chi connectivity index (χ2v) is 6.01. The van der Waals surface area contributed by atoms with E-state index in [2.05, 4.69) is 17.2 Å². The van der Waals surface area contributed by atoms with Crippen molar-refractivity contribution in [3.05, 3.63) is 23.3 Å². The zero-order valence-corrected chi connectivity index (χ0v) is 14.9. The lowest BCUT2D eigenvalue weighted by Crippen LogP contribution is -2.32. The Morgan fingerprint density at radius 2 is 1.79 bits per heavy atom. The number of amides is 1. The van der Waals surface area contributed by atoms with Crippen LogP contribution in [-0.2, 0) is 11.3 Å². The van der Waals surface area contributed by atoms with Crippen LogP contribution in [0.2, 0.25) is 0 Å². The van der Waals surface area contributed by atoms with E-state index in [4.69, 9.17) is 14.2 Å². The Kier molecular flexibility index (Phi) is 7.40. The number of carbonyl (C=O) groups is 1. The molecule has 1 amide bonds. The monoisotopic (exact) mass is 335 g/mol. The first-order chi connectivity index (χ1) is 11.3. The molecule has 0 bridgehead atoms. The third kappa shape index (κ3) is 6.39. The smallest absolute Gasteiger partial charge is 0.407 e. The van der Waals surface area contributed by atoms with Crippen LogP contribution in [-0.4, -0.2) is 37.6 Å². The molecule has 132 valence electrons. The van der Waals surface area contributed by atoms with Crippen molar-refractivity contribution in [3.8, 4) is 23.3 Å². The molecule has 0 aliphatic heterocycles. The van der Waals surface area contributed by atoms with Crippen molar-refractivity contribution >= 4 is 6.09 Å². The average Bonchev–Trinajstić information content (AvgIpc) is 2.52. The second-order valence-electron chi connectivity index (χ2n) is 6.01. The molecular weight excluding hydrogens is 310 g/mol. The summed E-state index contributed by atoms with van der Waals surface area (Å²) in [7, 11) is 3.07. The Balaban J connectivity index is 2.71. The van der Waals surface area contributed by atoms with Gasteiger partial charge in [-0.2, -0.15) is 0 Å². The first-order valence-electron chi connectivity index (χ1n) is 7.62. The highest BCUT2D eigenvalue weighted by Gasteiger charge is 2.15. The second kappa shape index (κ2) is 9.04. The van der Waals surface area contributed by atoms with Gasteiger partial charge in [-0.3, -0.25) is 0 Å². The number of ether oxygens (including phenoxy) is 3. The highest BCUT2D eigenvalue weighted by Crippen LogP contribution is 2.29. The van der Waals surface area contributed by atoms with Gasteiger partial charge in [-0.05, 0) is 38.5 Å². The molecule has 1 aromatic carbocycles. The normalized spacial score (nSPS) is 10.4. The molecule has 0 atom stereocenters. The van der Waals surface area contributed by atoms with Crippen LogP contribution in [0, 0.1) is 11.8 Å². The highest BCUT2D eigenvalue weighted by atomic mass is 16.6. The van der Waals surface area contributed by atoms with Crippen molar-refractivity contribution in [1.29, 1.82) is 0 Å². The topological polar surface area (TPSA) is 77.0 Å². The highest BCUT2D eigenvalue weighted by molar-refractivity contribution is 5.67. The van der Waals surface area contributed by atoms with Crippen LogP contribution in [0.1, 0.15) is 38.3 Å². The van der Waals surface area contributed by atoms with E-state index in [1.165, 1.54) is 14.2 Å². The van der Waals surface area contributed by atoms with Crippen molar-refractivity contribution in [2.45, 2.75) is 39.4 Å². The maximum absolute atomic E-state index is 11.5. The number of aliphatic hydroxyl groups is 1. The third-order valence-electron chi connectivity index (χ3n) is 2.88. The fraction of sp³-hybridized carbons (Fsp3) is 0.500. The van der Waals surface area contributed by atoms with Crippen LogP contribution < -0.4 is 14.8 Å². The largest absolute Gasteiger partial charge is 0.495 e. The van der Waals surface area contributed by atoms with Crippen LogP contribution in [0.15, 0.2) is 12.1 Å². The predicted molar refractivity (Wildman–Crippen MR) is 91.2 cm³/mol. The van der Waals surface area contributed by atoms with Gasteiger partial charge in [0.2, 0.25) is 0 Å². The number of aliphatic hydroxyl groups excluding tert-OH is 1. The van der Waals surface area contributed by atoms with Gasteiger partial charge in [0.1, 0.15) is 22.7 Å². The van der Waals surface area contributed by atoms with Gasteiger partial charge in [0, 0.05) is 13.0 Å². The van der Waals surface area contributed by atoms with Crippen LogP contribution >= 0.6 is 0 Å². The van der Waals surface area contributed by atoms with Crippen molar-refractivity contribution in [2.75, 3.05) is 20.8 Å². The number of hydrogen-bond acceptors (Lipinski definition) is 5. The minimum absolute atomic E-state index is 0.111. The molecule has 2 N–H and O–H groups in total. The summed E-state index contributed by atoms with van der Waals surface area (Å²) >= 11 is 0. The third-order valence-corrected chi connectivity index (χ3v) is 2.88. The van der Waals surface area contributed by atoms with Gasteiger partial charge < -0.3 is 24.6 Å². The summed E-state index contributed by atoms with van der Waals surface area (Å²) in [6.07, 6.45) is -0.0143. The first-order valence-corrected chi connectivity index (χ1v) is 7.62. The predicted octanol–water partition coefficient (Wildman–Crippen LogP) is 2.46. The quantitative estimate of drug-likeness (QED) is 0.638. The molecule has 1 rings (SSSR count). The maximum Gasteiger partial charge on any atom is 0.407 e. The van der Waals surface area contributed by atoms with E-state index < -0.39 is 11.7 Å². The molecule has 0 aromatic heterocycles. The van der Waals surface area contributed by atoms with Crippen molar-refractivity contribution in [3.63, 3.8) is 0 Å². The van der Waals surface area contributed by atoms with Gasteiger partial charge in [-0.1, -0.05) is 11.8 Å². The zero-order chi connectivity index (χ0) is 18.2. The van der Waals surface area contributed by atoms with Gasteiger partial charge in [0.05, 0.1) is 20.8 Å². The van der Waals surface area contributed by atoms with Gasteiger partial charge in [0.25, 0.3) is 0 Å². The van der Waals surface area contributed by atoms with Gasteiger partial charge >= 0.3 is 6.09 Å². The summed E-state index contributed by atoms with van der Waals surface area (Å²) in [5.74, 6) is 7.01. The fourth-order valence-corrected chi connectivity index (χ4v) is 1.87. The Morgan fingerprint density at radius 1 is 1.21 bits per heavy atom. The van der Waals surface area contributed by atoms with Gasteiger partial charge in [-0.25, -0.2) is 4.79 Å². The summed E-state index contributed by atoms with van der Waals surface area (Å²) in [5, 5.41) is 11.9. The Morgan fingerprint density at radius 3 is 2.25 bits per heavy atom. The van der Waals surface area contributed by atoms with Crippen LogP contribution in [0.3, 0.4) is 0 Å². The van der Waals surface area contributed by atoms with Gasteiger partial charge in [0.15, 0.2) is 0 Å². The summed E-state index contributed by atoms with van der Waals surface area (Å²) < 4.78 is 15.7. The minimum atomic E-state index is -0.523. The molecule has 1 aromatic rings. The Labute approximate surface area is 143 Å². The number of benzene rings is 1. The lowest BCUT2D eigenvalue weighted by Gasteiger charge is -2.19. The molecule has 6 heteroatoms. The number of carbonyl (C=O) groups excluding carboxylic acids is 1. The lowest BCUT2D eigenvalue weighted by molar-refractivity contribution is 0.0529. The summed E-state index contributed by atoms with van der Waals surface area (Å²) in [4.78, 5) is 11.5. The standard InChI is InChI=1S/C18H25NO5/c1-18(2,3)24-17(21)19-9-7-6-8-14-15(22-4)10-13(12-20)11-16(14)23-5/h10-11,20H,7,9,12H2,1-5H3,(H,19,21). The molecule has 0 heterocycles. The molecule has 0 spiro atoms. The van der Waals surface area contributed by atoms with Crippen LogP contribution in [0.5, 0.6) is 11.5 Å². The molecule has 24 heavy (non-hydrogen) atoms. The van der Waals surface area contributed by atoms with E-state index in [9.17, 15) is 9.90 Å². The van der Waals surface area contributed by atoms with E-state index in [1.54, 1.807) is 32.9 Å². The molecule has 0 fully saturated rings. The van der Waals surface area contributed by atoms with Crippen LogP contribution in [0.4, 0.5) is 4.79 Å². The van der Waals surface area contributed by atoms with Crippen LogP contribution in [0.25, 0.3) is 0 Å². The molecule has 0 unspecified atom stereocenters. The summed E-state index contributed by atoms with van der Waals surface area (Å²) in [6, 6.07) is 3.43. The minimum Gasteiger partial charge on any atom is -0.495 e. The molecule has 0 saturated carbocycles. The lowest BCUT2D eigenvalue weighted by atomic mass is 10.1. The summed E-state index contributed by atoms with van der Waals surface area (Å²) in [5.41, 5.74) is 0.764. The molecule has 0 saturated heterocycles. The van der Waals surface area contributed by atoms with Crippen molar-refractivity contribution in [2.24, 2.45) is 0 Å². The van der Waals surface area contributed by atoms with E-state index in [1.807, 2.05) is 0 Å². The molecule has 0 radical (unpaired) electrons. The SMILES string of the molecule is COc1cc(CO)cc(OC)c1C#CCCNC(=O)OC(C)(C)C. The number of alkyl carbamates (subject to hydrolysis) is 1. The molecule has 0 aliphatic carbocycles. The number of hydrogen-bond donors (Lipinski definition) is 2. The van der Waals surface area contributed by atoms with E-state index in [0.29, 0.717) is 35.6 Å². The molecule has 6 nitrogen and oxygen atoms in total. The number of nitrogens with one attached hydrogen (secondary N) is 1. The van der Waals surface area contributed by atoms with E-state index in [-0.39, 0.29) is 6.61 Å². The van der Waals surface area contributed by atoms with E-state index in [0.717, 1.165) is 0 Å². The number of methoxy groups -OCH3 is 2. The fourth-order valence-electron chi connectivity index (χ4n) is 1.87. The Hall–Kier alpha value is -2.39. The number of rotatable bonds is 5. The Bertz CT molecular complexity index is 598. The summed E-state index contributed by atoms with van der Waals surface area (Å²) in [6.45, 7) is 5.68. The van der Waals surface area contributed by atoms with E-state index >= 15 is 0 Å². The van der Waals surface area contributed by atoms with Crippen molar-refractivity contribution < 1.29 is 24.1 Å². The average molecular weight is 335 g/mol. The maximum atomic E-state index is 11.5. The molecule has 0 aliphatic rings. The van der Waals surface area contributed by atoms with Crippen molar-refractivity contribution in [1.82, 2.24) is 5.32 Å². The van der Waals surface area contributed by atoms with Gasteiger partial charge in [-0.15, -0.1) is 0 Å². The zero-order valence-electron chi connectivity index (χ0n) is 14.9. The first kappa shape index (κ1) is 19.7.